The Labute approximate surface area is 90.3 Å². The minimum absolute atomic E-state index is 0.0312. The third-order valence-electron chi connectivity index (χ3n) is 1.88. The first-order chi connectivity index (χ1) is 6.19. The number of benzene rings is 1. The highest BCUT2D eigenvalue weighted by molar-refractivity contribution is 14.1. The predicted octanol–water partition coefficient (Wildman–Crippen LogP) is 1.68. The topological polar surface area (TPSA) is 32.3 Å². The first-order valence-electron chi connectivity index (χ1n) is 3.92. The fraction of sp³-hybridized carbons (Fsp3) is 0.333. The molecule has 1 aromatic carbocycles. The van der Waals surface area contributed by atoms with E-state index in [-0.39, 0.29) is 18.5 Å². The molecule has 0 amide bonds. The van der Waals surface area contributed by atoms with Crippen molar-refractivity contribution in [2.45, 2.75) is 6.04 Å². The molecule has 72 valence electrons. The lowest BCUT2D eigenvalue weighted by Gasteiger charge is -2.13. The van der Waals surface area contributed by atoms with Gasteiger partial charge in [0.2, 0.25) is 0 Å². The van der Waals surface area contributed by atoms with Gasteiger partial charge in [0.25, 0.3) is 0 Å². The van der Waals surface area contributed by atoms with Crippen LogP contribution in [0.1, 0.15) is 11.6 Å². The van der Waals surface area contributed by atoms with E-state index in [4.69, 9.17) is 5.11 Å². The van der Waals surface area contributed by atoms with E-state index in [1.807, 2.05) is 28.7 Å². The minimum atomic E-state index is -0.244. The summed E-state index contributed by atoms with van der Waals surface area (Å²) >= 11 is 1.93. The number of hydrogen-bond donors (Lipinski definition) is 2. The molecule has 2 nitrogen and oxygen atoms in total. The van der Waals surface area contributed by atoms with Crippen LogP contribution in [0.5, 0.6) is 0 Å². The Hall–Kier alpha value is -0.200. The molecule has 0 heterocycles. The molecule has 0 spiro atoms. The zero-order chi connectivity index (χ0) is 9.84. The van der Waals surface area contributed by atoms with E-state index in [1.165, 1.54) is 6.07 Å². The Morgan fingerprint density at radius 2 is 2.31 bits per heavy atom. The normalized spacial score (nSPS) is 12.9. The standard InChI is InChI=1S/C9H11FINO/c1-12-9(5-13)6-2-3-8(11)7(10)4-6/h2-4,9,12-13H,5H2,1H3/t9-/m0/s1. The SMILES string of the molecule is CN[C@@H](CO)c1ccc(I)c(F)c1. The maximum atomic E-state index is 13.1. The molecule has 1 atom stereocenters. The van der Waals surface area contributed by atoms with Gasteiger partial charge in [-0.05, 0) is 47.3 Å². The van der Waals surface area contributed by atoms with Gasteiger partial charge in [-0.2, -0.15) is 0 Å². The number of aliphatic hydroxyl groups excluding tert-OH is 1. The summed E-state index contributed by atoms with van der Waals surface area (Å²) in [5, 5.41) is 11.8. The zero-order valence-electron chi connectivity index (χ0n) is 7.22. The molecule has 0 aliphatic heterocycles. The van der Waals surface area contributed by atoms with Crippen LogP contribution in [0.4, 0.5) is 4.39 Å². The lowest BCUT2D eigenvalue weighted by Crippen LogP contribution is -2.20. The minimum Gasteiger partial charge on any atom is -0.394 e. The number of likely N-dealkylation sites (N-methyl/N-ethyl adjacent to an activating group) is 1. The molecule has 2 N–H and O–H groups in total. The number of aliphatic hydroxyl groups is 1. The Bertz CT molecular complexity index is 289. The molecule has 0 saturated carbocycles. The summed E-state index contributed by atoms with van der Waals surface area (Å²) in [4.78, 5) is 0. The van der Waals surface area contributed by atoms with Crippen molar-refractivity contribution in [1.29, 1.82) is 0 Å². The molecular formula is C9H11FINO. The number of hydrogen-bond acceptors (Lipinski definition) is 2. The maximum absolute atomic E-state index is 13.1. The van der Waals surface area contributed by atoms with Gasteiger partial charge in [0.15, 0.2) is 0 Å². The lowest BCUT2D eigenvalue weighted by molar-refractivity contribution is 0.250. The predicted molar refractivity (Wildman–Crippen MR) is 58.0 cm³/mol. The van der Waals surface area contributed by atoms with E-state index in [9.17, 15) is 4.39 Å². The number of halogens is 2. The fourth-order valence-electron chi connectivity index (χ4n) is 1.09. The van der Waals surface area contributed by atoms with Crippen LogP contribution in [0.25, 0.3) is 0 Å². The Kier molecular flexibility index (Phi) is 4.08. The summed E-state index contributed by atoms with van der Waals surface area (Å²) in [5.41, 5.74) is 0.767. The van der Waals surface area contributed by atoms with Crippen LogP contribution < -0.4 is 5.32 Å². The van der Waals surface area contributed by atoms with Crippen LogP contribution in [-0.2, 0) is 0 Å². The van der Waals surface area contributed by atoms with E-state index in [0.29, 0.717) is 3.57 Å². The second kappa shape index (κ2) is 4.88. The molecule has 0 radical (unpaired) electrons. The van der Waals surface area contributed by atoms with Crippen molar-refractivity contribution in [3.63, 3.8) is 0 Å². The first kappa shape index (κ1) is 10.9. The first-order valence-corrected chi connectivity index (χ1v) is 5.00. The molecule has 0 aromatic heterocycles. The Balaban J connectivity index is 2.95. The molecule has 0 unspecified atom stereocenters. The van der Waals surface area contributed by atoms with Crippen LogP contribution in [0.3, 0.4) is 0 Å². The van der Waals surface area contributed by atoms with Crippen molar-refractivity contribution in [3.05, 3.63) is 33.1 Å². The maximum Gasteiger partial charge on any atom is 0.136 e. The summed E-state index contributed by atoms with van der Waals surface area (Å²) in [7, 11) is 1.73. The molecule has 1 aromatic rings. The van der Waals surface area contributed by atoms with Crippen molar-refractivity contribution >= 4 is 22.6 Å². The van der Waals surface area contributed by atoms with Gasteiger partial charge in [-0.3, -0.25) is 0 Å². The highest BCUT2D eigenvalue weighted by Gasteiger charge is 2.09. The van der Waals surface area contributed by atoms with E-state index in [2.05, 4.69) is 5.32 Å². The van der Waals surface area contributed by atoms with E-state index in [1.54, 1.807) is 13.1 Å². The van der Waals surface area contributed by atoms with Gasteiger partial charge in [-0.1, -0.05) is 6.07 Å². The van der Waals surface area contributed by atoms with E-state index >= 15 is 0 Å². The molecule has 0 fully saturated rings. The van der Waals surface area contributed by atoms with Gasteiger partial charge < -0.3 is 10.4 Å². The molecular weight excluding hydrogens is 284 g/mol. The summed E-state index contributed by atoms with van der Waals surface area (Å²) in [6.07, 6.45) is 0. The third-order valence-corrected chi connectivity index (χ3v) is 2.75. The van der Waals surface area contributed by atoms with Crippen LogP contribution in [0.15, 0.2) is 18.2 Å². The molecule has 0 aliphatic rings. The second-order valence-corrected chi connectivity index (χ2v) is 3.86. The van der Waals surface area contributed by atoms with Gasteiger partial charge in [-0.25, -0.2) is 4.39 Å². The van der Waals surface area contributed by atoms with Crippen molar-refractivity contribution < 1.29 is 9.50 Å². The Morgan fingerprint density at radius 1 is 1.62 bits per heavy atom. The van der Waals surface area contributed by atoms with Crippen LogP contribution in [-0.4, -0.2) is 18.8 Å². The Morgan fingerprint density at radius 3 is 2.77 bits per heavy atom. The van der Waals surface area contributed by atoms with Crippen molar-refractivity contribution in [3.8, 4) is 0 Å². The van der Waals surface area contributed by atoms with Crippen molar-refractivity contribution in [1.82, 2.24) is 5.32 Å². The van der Waals surface area contributed by atoms with Crippen LogP contribution in [0.2, 0.25) is 0 Å². The average Bonchev–Trinajstić information content (AvgIpc) is 2.13. The summed E-state index contributed by atoms with van der Waals surface area (Å²) in [6.45, 7) is -0.0312. The quantitative estimate of drug-likeness (QED) is 0.832. The van der Waals surface area contributed by atoms with Crippen molar-refractivity contribution in [2.75, 3.05) is 13.7 Å². The molecule has 0 bridgehead atoms. The summed E-state index contributed by atoms with van der Waals surface area (Å²) < 4.78 is 13.7. The van der Waals surface area contributed by atoms with E-state index in [0.717, 1.165) is 5.56 Å². The molecule has 0 saturated heterocycles. The van der Waals surface area contributed by atoms with Crippen LogP contribution in [0, 0.1) is 9.39 Å². The number of rotatable bonds is 3. The van der Waals surface area contributed by atoms with Gasteiger partial charge >= 0.3 is 0 Å². The van der Waals surface area contributed by atoms with Crippen molar-refractivity contribution in [2.24, 2.45) is 0 Å². The van der Waals surface area contributed by atoms with Gasteiger partial charge in [0.05, 0.1) is 12.6 Å². The zero-order valence-corrected chi connectivity index (χ0v) is 9.38. The monoisotopic (exact) mass is 295 g/mol. The van der Waals surface area contributed by atoms with Gasteiger partial charge in [0.1, 0.15) is 5.82 Å². The summed E-state index contributed by atoms with van der Waals surface area (Å²) in [5.74, 6) is -0.244. The molecule has 13 heavy (non-hydrogen) atoms. The second-order valence-electron chi connectivity index (χ2n) is 2.70. The van der Waals surface area contributed by atoms with E-state index < -0.39 is 0 Å². The largest absolute Gasteiger partial charge is 0.394 e. The third kappa shape index (κ3) is 2.62. The molecule has 1 rings (SSSR count). The fourth-order valence-corrected chi connectivity index (χ4v) is 1.43. The smallest absolute Gasteiger partial charge is 0.136 e. The summed E-state index contributed by atoms with van der Waals surface area (Å²) in [6, 6.07) is 4.76. The molecule has 4 heteroatoms. The highest BCUT2D eigenvalue weighted by Crippen LogP contribution is 2.17. The van der Waals surface area contributed by atoms with Gasteiger partial charge in [-0.15, -0.1) is 0 Å². The number of nitrogens with one attached hydrogen (secondary N) is 1. The highest BCUT2D eigenvalue weighted by atomic mass is 127. The van der Waals surface area contributed by atoms with Crippen LogP contribution >= 0.6 is 22.6 Å². The van der Waals surface area contributed by atoms with Gasteiger partial charge in [0, 0.05) is 3.57 Å². The molecule has 0 aliphatic carbocycles. The lowest BCUT2D eigenvalue weighted by atomic mass is 10.1. The average molecular weight is 295 g/mol.